The number of hydrogen-bond acceptors (Lipinski definition) is 5. The van der Waals surface area contributed by atoms with Crippen LogP contribution in [0.2, 0.25) is 0 Å². The van der Waals surface area contributed by atoms with Gasteiger partial charge in [0, 0.05) is 32.1 Å². The van der Waals surface area contributed by atoms with Crippen molar-refractivity contribution in [2.75, 3.05) is 19.3 Å². The minimum atomic E-state index is -3.16. The Morgan fingerprint density at radius 2 is 2.22 bits per heavy atom. The van der Waals surface area contributed by atoms with Crippen molar-refractivity contribution in [1.29, 1.82) is 0 Å². The molecule has 1 amide bonds. The smallest absolute Gasteiger partial charge is 0.220 e. The van der Waals surface area contributed by atoms with Crippen molar-refractivity contribution < 1.29 is 13.2 Å². The third-order valence-electron chi connectivity index (χ3n) is 4.06. The van der Waals surface area contributed by atoms with Crippen molar-refractivity contribution >= 4 is 15.9 Å². The highest BCUT2D eigenvalue weighted by Crippen LogP contribution is 2.21. The first kappa shape index (κ1) is 17.9. The number of aromatic nitrogens is 3. The predicted molar refractivity (Wildman–Crippen MR) is 86.1 cm³/mol. The summed E-state index contributed by atoms with van der Waals surface area (Å²) < 4.78 is 26.8. The number of piperidine rings is 1. The molecule has 1 aromatic rings. The molecule has 1 aliphatic rings. The first-order valence-electron chi connectivity index (χ1n) is 8.03. The van der Waals surface area contributed by atoms with E-state index in [-0.39, 0.29) is 11.9 Å². The van der Waals surface area contributed by atoms with E-state index >= 15 is 0 Å². The zero-order chi connectivity index (χ0) is 16.7. The number of carbonyl (C=O) groups is 1. The van der Waals surface area contributed by atoms with Crippen LogP contribution in [-0.2, 0) is 21.4 Å². The lowest BCUT2D eigenvalue weighted by Gasteiger charge is -2.33. The number of sulfonamides is 1. The zero-order valence-corrected chi connectivity index (χ0v) is 14.3. The molecule has 0 saturated carbocycles. The van der Waals surface area contributed by atoms with Crippen molar-refractivity contribution in [2.45, 2.75) is 51.1 Å². The van der Waals surface area contributed by atoms with Gasteiger partial charge < -0.3 is 5.32 Å². The Balaban J connectivity index is 1.66. The fourth-order valence-electron chi connectivity index (χ4n) is 2.92. The van der Waals surface area contributed by atoms with Crippen LogP contribution in [-0.4, -0.2) is 58.8 Å². The fraction of sp³-hybridized carbons (Fsp3) is 0.786. The number of amides is 1. The van der Waals surface area contributed by atoms with E-state index in [0.29, 0.717) is 38.9 Å². The molecular formula is C14H25N5O3S. The van der Waals surface area contributed by atoms with E-state index in [9.17, 15) is 13.2 Å². The largest absolute Gasteiger partial charge is 0.356 e. The molecule has 0 aliphatic carbocycles. The van der Waals surface area contributed by atoms with Gasteiger partial charge in [0.05, 0.1) is 6.26 Å². The van der Waals surface area contributed by atoms with E-state index in [1.807, 2.05) is 0 Å². The summed E-state index contributed by atoms with van der Waals surface area (Å²) in [6.07, 6.45) is 8.98. The standard InChI is InChI=1S/C14H25N5O3S/c1-23(21,22)19-10-3-2-5-13(19)7-8-16-14(20)6-4-9-18-12-15-11-17-18/h11-13H,2-10H2,1H3,(H,16,20)/t13-/m0/s1. The molecule has 1 N–H and O–H groups in total. The first-order chi connectivity index (χ1) is 11.0. The SMILES string of the molecule is CS(=O)(=O)N1CCCC[C@H]1CCNC(=O)CCCn1cncn1. The van der Waals surface area contributed by atoms with Gasteiger partial charge in [0.15, 0.2) is 0 Å². The van der Waals surface area contributed by atoms with Crippen molar-refractivity contribution in [3.8, 4) is 0 Å². The van der Waals surface area contributed by atoms with Crippen LogP contribution in [0.25, 0.3) is 0 Å². The van der Waals surface area contributed by atoms with Crippen molar-refractivity contribution in [2.24, 2.45) is 0 Å². The average Bonchev–Trinajstić information content (AvgIpc) is 3.00. The Labute approximate surface area is 137 Å². The van der Waals surface area contributed by atoms with Crippen molar-refractivity contribution in [3.63, 3.8) is 0 Å². The maximum atomic E-state index is 11.8. The second-order valence-electron chi connectivity index (χ2n) is 5.92. The van der Waals surface area contributed by atoms with Gasteiger partial charge in [-0.1, -0.05) is 6.42 Å². The summed E-state index contributed by atoms with van der Waals surface area (Å²) in [5.74, 6) is -0.00756. The van der Waals surface area contributed by atoms with Gasteiger partial charge in [-0.25, -0.2) is 13.4 Å². The second kappa shape index (κ2) is 8.39. The molecule has 0 unspecified atom stereocenters. The molecule has 0 aromatic carbocycles. The molecule has 8 nitrogen and oxygen atoms in total. The summed E-state index contributed by atoms with van der Waals surface area (Å²) >= 11 is 0. The van der Waals surface area contributed by atoms with E-state index in [4.69, 9.17) is 0 Å². The molecule has 2 heterocycles. The molecule has 1 aromatic heterocycles. The quantitative estimate of drug-likeness (QED) is 0.736. The van der Waals surface area contributed by atoms with Gasteiger partial charge in [-0.15, -0.1) is 0 Å². The number of carbonyl (C=O) groups excluding carboxylic acids is 1. The van der Waals surface area contributed by atoms with Gasteiger partial charge in [0.1, 0.15) is 12.7 Å². The molecule has 1 fully saturated rings. The van der Waals surface area contributed by atoms with Gasteiger partial charge in [-0.2, -0.15) is 9.40 Å². The maximum absolute atomic E-state index is 11.8. The van der Waals surface area contributed by atoms with E-state index < -0.39 is 10.0 Å². The van der Waals surface area contributed by atoms with Crippen LogP contribution >= 0.6 is 0 Å². The van der Waals surface area contributed by atoms with Crippen molar-refractivity contribution in [3.05, 3.63) is 12.7 Å². The Morgan fingerprint density at radius 3 is 2.91 bits per heavy atom. The van der Waals surface area contributed by atoms with E-state index in [1.54, 1.807) is 15.3 Å². The maximum Gasteiger partial charge on any atom is 0.220 e. The van der Waals surface area contributed by atoms with Gasteiger partial charge in [-0.3, -0.25) is 9.48 Å². The minimum Gasteiger partial charge on any atom is -0.356 e. The van der Waals surface area contributed by atoms with E-state index in [2.05, 4.69) is 15.4 Å². The summed E-state index contributed by atoms with van der Waals surface area (Å²) in [5, 5.41) is 6.86. The van der Waals surface area contributed by atoms with E-state index in [0.717, 1.165) is 19.3 Å². The van der Waals surface area contributed by atoms with Gasteiger partial charge in [0.25, 0.3) is 0 Å². The molecule has 9 heteroatoms. The molecule has 0 spiro atoms. The summed E-state index contributed by atoms with van der Waals surface area (Å²) in [6, 6.07) is 0.00852. The molecule has 2 rings (SSSR count). The predicted octanol–water partition coefficient (Wildman–Crippen LogP) is 0.379. The Hall–Kier alpha value is -1.48. The molecule has 1 saturated heterocycles. The number of hydrogen-bond donors (Lipinski definition) is 1. The summed E-state index contributed by atoms with van der Waals surface area (Å²) in [6.45, 7) is 1.77. The van der Waals surface area contributed by atoms with Crippen LogP contribution in [0.15, 0.2) is 12.7 Å². The monoisotopic (exact) mass is 343 g/mol. The Bertz CT molecular complexity index is 588. The highest BCUT2D eigenvalue weighted by atomic mass is 32.2. The van der Waals surface area contributed by atoms with Crippen LogP contribution in [0.5, 0.6) is 0 Å². The minimum absolute atomic E-state index is 0.00756. The number of rotatable bonds is 8. The normalized spacial score (nSPS) is 19.6. The summed E-state index contributed by atoms with van der Waals surface area (Å²) in [4.78, 5) is 15.6. The lowest BCUT2D eigenvalue weighted by Crippen LogP contribution is -2.44. The van der Waals surface area contributed by atoms with E-state index in [1.165, 1.54) is 12.6 Å². The number of nitrogens with zero attached hydrogens (tertiary/aromatic N) is 4. The van der Waals surface area contributed by atoms with Gasteiger partial charge in [0.2, 0.25) is 15.9 Å². The molecule has 1 atom stereocenters. The van der Waals surface area contributed by atoms with Gasteiger partial charge in [-0.05, 0) is 25.7 Å². The third-order valence-corrected chi connectivity index (χ3v) is 5.39. The molecule has 130 valence electrons. The van der Waals surface area contributed by atoms with Crippen LogP contribution in [0.4, 0.5) is 0 Å². The molecule has 0 bridgehead atoms. The summed E-state index contributed by atoms with van der Waals surface area (Å²) in [5.41, 5.74) is 0. The molecule has 1 aliphatic heterocycles. The third kappa shape index (κ3) is 5.91. The molecule has 23 heavy (non-hydrogen) atoms. The highest BCUT2D eigenvalue weighted by Gasteiger charge is 2.28. The lowest BCUT2D eigenvalue weighted by atomic mass is 10.0. The first-order valence-corrected chi connectivity index (χ1v) is 9.87. The second-order valence-corrected chi connectivity index (χ2v) is 7.86. The van der Waals surface area contributed by atoms with Gasteiger partial charge >= 0.3 is 0 Å². The Morgan fingerprint density at radius 1 is 1.39 bits per heavy atom. The van der Waals surface area contributed by atoms with Crippen LogP contribution in [0.3, 0.4) is 0 Å². The summed E-state index contributed by atoms with van der Waals surface area (Å²) in [7, 11) is -3.16. The van der Waals surface area contributed by atoms with Crippen LogP contribution < -0.4 is 5.32 Å². The molecular weight excluding hydrogens is 318 g/mol. The number of nitrogens with one attached hydrogen (secondary N) is 1. The lowest BCUT2D eigenvalue weighted by molar-refractivity contribution is -0.121. The fourth-order valence-corrected chi connectivity index (χ4v) is 4.13. The Kier molecular flexibility index (Phi) is 6.52. The topological polar surface area (TPSA) is 97.2 Å². The number of aryl methyl sites for hydroxylation is 1. The average molecular weight is 343 g/mol. The molecule has 0 radical (unpaired) electrons. The van der Waals surface area contributed by atoms with Crippen LogP contribution in [0.1, 0.15) is 38.5 Å². The van der Waals surface area contributed by atoms with Crippen molar-refractivity contribution in [1.82, 2.24) is 24.4 Å². The van der Waals surface area contributed by atoms with Crippen LogP contribution in [0, 0.1) is 0 Å². The zero-order valence-electron chi connectivity index (χ0n) is 13.5. The highest BCUT2D eigenvalue weighted by molar-refractivity contribution is 7.88.